The molecule has 2 N–H and O–H groups in total. The second kappa shape index (κ2) is 6.89. The van der Waals surface area contributed by atoms with E-state index in [2.05, 4.69) is 18.7 Å². The topological polar surface area (TPSA) is 46.3 Å². The molecule has 1 aliphatic heterocycles. The number of amides is 1. The summed E-state index contributed by atoms with van der Waals surface area (Å²) < 4.78 is 0. The summed E-state index contributed by atoms with van der Waals surface area (Å²) in [6, 6.07) is 0.675. The van der Waals surface area contributed by atoms with E-state index < -0.39 is 0 Å². The van der Waals surface area contributed by atoms with E-state index in [0.29, 0.717) is 24.9 Å². The molecule has 1 fully saturated rings. The highest BCUT2D eigenvalue weighted by Crippen LogP contribution is 2.23. The van der Waals surface area contributed by atoms with Crippen LogP contribution in [0.15, 0.2) is 0 Å². The SMILES string of the molecule is CCCCCC(=O)N1C(C)CCCC1CN. The summed E-state index contributed by atoms with van der Waals surface area (Å²) in [6.45, 7) is 4.93. The lowest BCUT2D eigenvalue weighted by molar-refractivity contribution is -0.137. The van der Waals surface area contributed by atoms with E-state index in [-0.39, 0.29) is 6.04 Å². The van der Waals surface area contributed by atoms with Gasteiger partial charge in [-0.15, -0.1) is 0 Å². The third-order valence-corrected chi connectivity index (χ3v) is 3.58. The summed E-state index contributed by atoms with van der Waals surface area (Å²) in [4.78, 5) is 14.2. The fraction of sp³-hybridized carbons (Fsp3) is 0.923. The molecule has 16 heavy (non-hydrogen) atoms. The second-order valence-corrected chi connectivity index (χ2v) is 4.93. The first kappa shape index (κ1) is 13.5. The molecule has 1 aliphatic rings. The maximum Gasteiger partial charge on any atom is 0.223 e. The van der Waals surface area contributed by atoms with E-state index in [1.54, 1.807) is 0 Å². The van der Waals surface area contributed by atoms with E-state index in [1.165, 1.54) is 12.8 Å². The molecule has 0 radical (unpaired) electrons. The molecule has 0 bridgehead atoms. The highest BCUT2D eigenvalue weighted by Gasteiger charge is 2.30. The molecule has 2 atom stereocenters. The van der Waals surface area contributed by atoms with Crippen LogP contribution in [-0.4, -0.2) is 29.4 Å². The number of rotatable bonds is 5. The summed E-state index contributed by atoms with van der Waals surface area (Å²) in [6.07, 6.45) is 7.48. The molecule has 1 heterocycles. The van der Waals surface area contributed by atoms with Crippen LogP contribution in [0, 0.1) is 0 Å². The summed E-state index contributed by atoms with van der Waals surface area (Å²) >= 11 is 0. The van der Waals surface area contributed by atoms with Gasteiger partial charge in [-0.1, -0.05) is 19.8 Å². The van der Waals surface area contributed by atoms with Gasteiger partial charge in [0, 0.05) is 25.0 Å². The molecule has 0 aliphatic carbocycles. The molecule has 2 unspecified atom stereocenters. The van der Waals surface area contributed by atoms with Crippen LogP contribution in [-0.2, 0) is 4.79 Å². The van der Waals surface area contributed by atoms with Crippen LogP contribution in [0.4, 0.5) is 0 Å². The molecule has 0 aromatic heterocycles. The molecule has 1 saturated heterocycles. The Morgan fingerprint density at radius 3 is 2.75 bits per heavy atom. The average Bonchev–Trinajstić information content (AvgIpc) is 2.28. The minimum Gasteiger partial charge on any atom is -0.336 e. The van der Waals surface area contributed by atoms with Gasteiger partial charge in [-0.25, -0.2) is 0 Å². The van der Waals surface area contributed by atoms with Gasteiger partial charge in [-0.2, -0.15) is 0 Å². The van der Waals surface area contributed by atoms with Crippen LogP contribution >= 0.6 is 0 Å². The lowest BCUT2D eigenvalue weighted by atomic mass is 9.95. The van der Waals surface area contributed by atoms with Gasteiger partial charge >= 0.3 is 0 Å². The van der Waals surface area contributed by atoms with E-state index in [9.17, 15) is 4.79 Å². The van der Waals surface area contributed by atoms with Crippen LogP contribution in [0.1, 0.15) is 58.8 Å². The molecule has 3 nitrogen and oxygen atoms in total. The summed E-state index contributed by atoms with van der Waals surface area (Å²) in [5, 5.41) is 0. The largest absolute Gasteiger partial charge is 0.336 e. The van der Waals surface area contributed by atoms with Gasteiger partial charge in [0.05, 0.1) is 0 Å². The maximum atomic E-state index is 12.1. The monoisotopic (exact) mass is 226 g/mol. The lowest BCUT2D eigenvalue weighted by Crippen LogP contribution is -2.51. The van der Waals surface area contributed by atoms with Crippen LogP contribution < -0.4 is 5.73 Å². The highest BCUT2D eigenvalue weighted by molar-refractivity contribution is 5.77. The zero-order valence-corrected chi connectivity index (χ0v) is 10.7. The van der Waals surface area contributed by atoms with Crippen molar-refractivity contribution in [1.29, 1.82) is 0 Å². The van der Waals surface area contributed by atoms with Crippen LogP contribution in [0.2, 0.25) is 0 Å². The molecular formula is C13H26N2O. The molecule has 94 valence electrons. The Labute approximate surface area is 99.4 Å². The molecule has 0 saturated carbocycles. The minimum absolute atomic E-state index is 0.290. The van der Waals surface area contributed by atoms with Crippen LogP contribution in [0.5, 0.6) is 0 Å². The zero-order valence-electron chi connectivity index (χ0n) is 10.7. The van der Waals surface area contributed by atoms with E-state index >= 15 is 0 Å². The summed E-state index contributed by atoms with van der Waals surface area (Å²) in [5.41, 5.74) is 5.75. The average molecular weight is 226 g/mol. The van der Waals surface area contributed by atoms with Gasteiger partial charge in [0.15, 0.2) is 0 Å². The predicted octanol–water partition coefficient (Wildman–Crippen LogP) is 2.29. The van der Waals surface area contributed by atoms with Gasteiger partial charge in [-0.05, 0) is 32.6 Å². The third kappa shape index (κ3) is 3.48. The van der Waals surface area contributed by atoms with Crippen molar-refractivity contribution in [2.45, 2.75) is 70.9 Å². The Bertz CT molecular complexity index is 218. The number of hydrogen-bond donors (Lipinski definition) is 1. The number of carbonyl (C=O) groups is 1. The van der Waals surface area contributed by atoms with Crippen LogP contribution in [0.25, 0.3) is 0 Å². The predicted molar refractivity (Wildman–Crippen MR) is 67.1 cm³/mol. The maximum absolute atomic E-state index is 12.1. The van der Waals surface area contributed by atoms with Crippen molar-refractivity contribution in [3.8, 4) is 0 Å². The van der Waals surface area contributed by atoms with E-state index in [1.807, 2.05) is 0 Å². The second-order valence-electron chi connectivity index (χ2n) is 4.93. The Morgan fingerprint density at radius 2 is 2.12 bits per heavy atom. The number of likely N-dealkylation sites (tertiary alicyclic amines) is 1. The Kier molecular flexibility index (Phi) is 5.81. The number of piperidine rings is 1. The molecule has 1 rings (SSSR count). The van der Waals surface area contributed by atoms with Crippen molar-refractivity contribution in [2.75, 3.05) is 6.54 Å². The minimum atomic E-state index is 0.290. The number of unbranched alkanes of at least 4 members (excludes halogenated alkanes) is 2. The Morgan fingerprint density at radius 1 is 1.38 bits per heavy atom. The first-order valence-corrected chi connectivity index (χ1v) is 6.72. The molecular weight excluding hydrogens is 200 g/mol. The quantitative estimate of drug-likeness (QED) is 0.731. The standard InChI is InChI=1S/C13H26N2O/c1-3-4-5-9-13(16)15-11(2)7-6-8-12(15)10-14/h11-12H,3-10,14H2,1-2H3. The molecule has 0 aromatic rings. The number of nitrogens with two attached hydrogens (primary N) is 1. The van der Waals surface area contributed by atoms with E-state index in [4.69, 9.17) is 5.73 Å². The number of nitrogens with zero attached hydrogens (tertiary/aromatic N) is 1. The number of carbonyl (C=O) groups excluding carboxylic acids is 1. The van der Waals surface area contributed by atoms with Crippen molar-refractivity contribution in [3.05, 3.63) is 0 Å². The fourth-order valence-corrected chi connectivity index (χ4v) is 2.62. The molecule has 0 aromatic carbocycles. The summed E-state index contributed by atoms with van der Waals surface area (Å²) in [7, 11) is 0. The van der Waals surface area contributed by atoms with Gasteiger partial charge in [0.1, 0.15) is 0 Å². The zero-order chi connectivity index (χ0) is 12.0. The first-order chi connectivity index (χ1) is 7.70. The Balaban J connectivity index is 2.48. The number of hydrogen-bond acceptors (Lipinski definition) is 2. The normalized spacial score (nSPS) is 25.8. The van der Waals surface area contributed by atoms with Crippen molar-refractivity contribution in [3.63, 3.8) is 0 Å². The Hall–Kier alpha value is -0.570. The highest BCUT2D eigenvalue weighted by atomic mass is 16.2. The van der Waals surface area contributed by atoms with Crippen molar-refractivity contribution >= 4 is 5.91 Å². The van der Waals surface area contributed by atoms with Gasteiger partial charge in [0.2, 0.25) is 5.91 Å². The van der Waals surface area contributed by atoms with E-state index in [0.717, 1.165) is 25.7 Å². The molecule has 0 spiro atoms. The molecule has 1 amide bonds. The van der Waals surface area contributed by atoms with Gasteiger partial charge < -0.3 is 10.6 Å². The first-order valence-electron chi connectivity index (χ1n) is 6.72. The van der Waals surface area contributed by atoms with Crippen LogP contribution in [0.3, 0.4) is 0 Å². The third-order valence-electron chi connectivity index (χ3n) is 3.58. The van der Waals surface area contributed by atoms with Crippen molar-refractivity contribution in [1.82, 2.24) is 4.90 Å². The fourth-order valence-electron chi connectivity index (χ4n) is 2.62. The van der Waals surface area contributed by atoms with Crippen molar-refractivity contribution < 1.29 is 4.79 Å². The molecule has 3 heteroatoms. The van der Waals surface area contributed by atoms with Crippen molar-refractivity contribution in [2.24, 2.45) is 5.73 Å². The van der Waals surface area contributed by atoms with Gasteiger partial charge in [0.25, 0.3) is 0 Å². The smallest absolute Gasteiger partial charge is 0.223 e. The summed E-state index contributed by atoms with van der Waals surface area (Å²) in [5.74, 6) is 0.316. The lowest BCUT2D eigenvalue weighted by Gasteiger charge is -2.40. The van der Waals surface area contributed by atoms with Gasteiger partial charge in [-0.3, -0.25) is 4.79 Å².